The van der Waals surface area contributed by atoms with Crippen LogP contribution in [-0.2, 0) is 7.05 Å². The Bertz CT molecular complexity index is 958. The predicted octanol–water partition coefficient (Wildman–Crippen LogP) is 6.16. The first-order chi connectivity index (χ1) is 11.6. The maximum atomic E-state index is 6.02. The molecule has 0 aliphatic carbocycles. The average molecular weight is 400 g/mol. The summed E-state index contributed by atoms with van der Waals surface area (Å²) in [6.45, 7) is 2.08. The van der Waals surface area contributed by atoms with Gasteiger partial charge >= 0.3 is 0 Å². The molecule has 0 unspecified atom stereocenters. The highest BCUT2D eigenvalue weighted by atomic mass is 79.9. The van der Waals surface area contributed by atoms with E-state index < -0.39 is 0 Å². The van der Waals surface area contributed by atoms with Crippen LogP contribution in [0.1, 0.15) is 17.5 Å². The molecule has 1 aliphatic heterocycles. The van der Waals surface area contributed by atoms with Crippen LogP contribution >= 0.6 is 27.7 Å². The highest BCUT2D eigenvalue weighted by Crippen LogP contribution is 2.43. The second kappa shape index (κ2) is 6.34. The summed E-state index contributed by atoms with van der Waals surface area (Å²) >= 11 is 5.51. The number of ether oxygens (including phenoxy) is 1. The van der Waals surface area contributed by atoms with E-state index in [-0.39, 0.29) is 0 Å². The number of aryl methyl sites for hydroxylation is 2. The van der Waals surface area contributed by atoms with Gasteiger partial charge in [-0.1, -0.05) is 24.3 Å². The van der Waals surface area contributed by atoms with Gasteiger partial charge in [0.25, 0.3) is 0 Å². The molecule has 0 atom stereocenters. The van der Waals surface area contributed by atoms with Gasteiger partial charge in [-0.05, 0) is 58.6 Å². The Morgan fingerprint density at radius 2 is 2.04 bits per heavy atom. The van der Waals surface area contributed by atoms with Crippen LogP contribution in [0, 0.1) is 6.92 Å². The third-order valence-corrected chi connectivity index (χ3v) is 6.18. The van der Waals surface area contributed by atoms with Gasteiger partial charge in [0.2, 0.25) is 0 Å². The highest BCUT2D eigenvalue weighted by molar-refractivity contribution is 9.10. The van der Waals surface area contributed by atoms with Crippen LogP contribution in [0.2, 0.25) is 0 Å². The molecule has 0 radical (unpaired) electrons. The lowest BCUT2D eigenvalue weighted by Crippen LogP contribution is -2.01. The largest absolute Gasteiger partial charge is 0.464 e. The van der Waals surface area contributed by atoms with E-state index in [0.717, 1.165) is 22.4 Å². The van der Waals surface area contributed by atoms with Crippen LogP contribution in [0.15, 0.2) is 58.2 Å². The zero-order valence-electron chi connectivity index (χ0n) is 13.7. The summed E-state index contributed by atoms with van der Waals surface area (Å²) in [4.78, 5) is 0. The van der Waals surface area contributed by atoms with Crippen LogP contribution < -0.4 is 4.74 Å². The maximum absolute atomic E-state index is 6.02. The van der Waals surface area contributed by atoms with E-state index in [4.69, 9.17) is 4.74 Å². The normalized spacial score (nSPS) is 15.7. The third kappa shape index (κ3) is 2.68. The number of thioether (sulfide) groups is 1. The smallest absolute Gasteiger partial charge is 0.140 e. The van der Waals surface area contributed by atoms with E-state index in [0.29, 0.717) is 0 Å². The standard InChI is InChI=1S/C20H18BrNOS/c1-13-7-8-18(16(21)11-13)23-12-14-9-10-24-20-19(14)15-5-3-4-6-17(15)22(20)2/h3-8,11-12H,9-10H2,1-2H3/b14-12+. The minimum absolute atomic E-state index is 0.855. The molecule has 1 aromatic heterocycles. The van der Waals surface area contributed by atoms with Gasteiger partial charge in [-0.15, -0.1) is 11.8 Å². The molecule has 0 spiro atoms. The van der Waals surface area contributed by atoms with Crippen molar-refractivity contribution in [2.24, 2.45) is 7.05 Å². The Labute approximate surface area is 154 Å². The zero-order chi connectivity index (χ0) is 16.7. The number of fused-ring (bicyclic) bond motifs is 3. The molecule has 2 nitrogen and oxygen atoms in total. The zero-order valence-corrected chi connectivity index (χ0v) is 16.1. The van der Waals surface area contributed by atoms with E-state index >= 15 is 0 Å². The van der Waals surface area contributed by atoms with Gasteiger partial charge in [-0.25, -0.2) is 0 Å². The SMILES string of the molecule is Cc1ccc(O/C=C2\CCSc3c2c2ccccc2n3C)c(Br)c1. The van der Waals surface area contributed by atoms with Gasteiger partial charge < -0.3 is 9.30 Å². The monoisotopic (exact) mass is 399 g/mol. The Hall–Kier alpha value is -1.65. The number of hydrogen-bond donors (Lipinski definition) is 0. The van der Waals surface area contributed by atoms with E-state index in [2.05, 4.69) is 70.9 Å². The van der Waals surface area contributed by atoms with Crippen molar-refractivity contribution in [2.45, 2.75) is 18.4 Å². The van der Waals surface area contributed by atoms with Crippen molar-refractivity contribution < 1.29 is 4.74 Å². The van der Waals surface area contributed by atoms with Crippen molar-refractivity contribution in [3.63, 3.8) is 0 Å². The molecule has 1 aliphatic rings. The Kier molecular flexibility index (Phi) is 4.19. The second-order valence-corrected chi connectivity index (χ2v) is 7.99. The second-order valence-electron chi connectivity index (χ2n) is 6.05. The lowest BCUT2D eigenvalue weighted by Gasteiger charge is -2.17. The fraction of sp³-hybridized carbons (Fsp3) is 0.200. The molecule has 0 fully saturated rings. The molecule has 0 N–H and O–H groups in total. The maximum Gasteiger partial charge on any atom is 0.140 e. The highest BCUT2D eigenvalue weighted by Gasteiger charge is 2.22. The topological polar surface area (TPSA) is 14.2 Å². The summed E-state index contributed by atoms with van der Waals surface area (Å²) in [5.41, 5.74) is 5.09. The molecular formula is C20H18BrNOS. The fourth-order valence-electron chi connectivity index (χ4n) is 3.19. The van der Waals surface area contributed by atoms with Crippen molar-refractivity contribution in [2.75, 3.05) is 5.75 Å². The van der Waals surface area contributed by atoms with Crippen molar-refractivity contribution >= 4 is 44.2 Å². The molecule has 4 heteroatoms. The van der Waals surface area contributed by atoms with Gasteiger partial charge in [0, 0.05) is 29.3 Å². The van der Waals surface area contributed by atoms with E-state index in [1.54, 1.807) is 0 Å². The van der Waals surface area contributed by atoms with Crippen molar-refractivity contribution in [3.8, 4) is 5.75 Å². The van der Waals surface area contributed by atoms with Crippen LogP contribution in [-0.4, -0.2) is 10.3 Å². The summed E-state index contributed by atoms with van der Waals surface area (Å²) < 4.78 is 9.30. The van der Waals surface area contributed by atoms with Gasteiger partial charge in [0.15, 0.2) is 0 Å². The molecule has 4 rings (SSSR count). The molecule has 0 saturated heterocycles. The molecule has 122 valence electrons. The quantitative estimate of drug-likeness (QED) is 0.478. The predicted molar refractivity (Wildman–Crippen MR) is 106 cm³/mol. The molecule has 3 aromatic rings. The number of allylic oxidation sites excluding steroid dienone is 1. The summed E-state index contributed by atoms with van der Waals surface area (Å²) in [5.74, 6) is 1.94. The number of benzene rings is 2. The number of hydrogen-bond acceptors (Lipinski definition) is 2. The summed E-state index contributed by atoms with van der Waals surface area (Å²) in [5, 5.41) is 2.64. The first kappa shape index (κ1) is 15.9. The molecular weight excluding hydrogens is 382 g/mol. The number of halogens is 1. The minimum Gasteiger partial charge on any atom is -0.464 e. The van der Waals surface area contributed by atoms with Crippen molar-refractivity contribution in [1.29, 1.82) is 0 Å². The van der Waals surface area contributed by atoms with Crippen LogP contribution in [0.4, 0.5) is 0 Å². The lowest BCUT2D eigenvalue weighted by atomic mass is 10.0. The summed E-state index contributed by atoms with van der Waals surface area (Å²) in [6, 6.07) is 14.8. The first-order valence-electron chi connectivity index (χ1n) is 7.97. The summed E-state index contributed by atoms with van der Waals surface area (Å²) in [6.07, 6.45) is 2.95. The fourth-order valence-corrected chi connectivity index (χ4v) is 4.97. The van der Waals surface area contributed by atoms with Gasteiger partial charge in [-0.2, -0.15) is 0 Å². The molecule has 24 heavy (non-hydrogen) atoms. The molecule has 0 saturated carbocycles. The van der Waals surface area contributed by atoms with E-state index in [1.165, 1.54) is 32.6 Å². The van der Waals surface area contributed by atoms with Crippen LogP contribution in [0.25, 0.3) is 16.5 Å². The Morgan fingerprint density at radius 3 is 2.88 bits per heavy atom. The van der Waals surface area contributed by atoms with E-state index in [1.807, 2.05) is 24.1 Å². The summed E-state index contributed by atoms with van der Waals surface area (Å²) in [7, 11) is 2.15. The molecule has 0 bridgehead atoms. The van der Waals surface area contributed by atoms with Crippen LogP contribution in [0.3, 0.4) is 0 Å². The number of aromatic nitrogens is 1. The van der Waals surface area contributed by atoms with Crippen LogP contribution in [0.5, 0.6) is 5.75 Å². The molecule has 0 amide bonds. The Morgan fingerprint density at radius 1 is 1.21 bits per heavy atom. The number of para-hydroxylation sites is 1. The average Bonchev–Trinajstić information content (AvgIpc) is 2.88. The van der Waals surface area contributed by atoms with Crippen molar-refractivity contribution in [1.82, 2.24) is 4.57 Å². The first-order valence-corrected chi connectivity index (χ1v) is 9.75. The molecule has 2 aromatic carbocycles. The van der Waals surface area contributed by atoms with Gasteiger partial charge in [-0.3, -0.25) is 0 Å². The number of rotatable bonds is 2. The van der Waals surface area contributed by atoms with E-state index in [9.17, 15) is 0 Å². The Balaban J connectivity index is 1.77. The van der Waals surface area contributed by atoms with Crippen molar-refractivity contribution in [3.05, 3.63) is 64.3 Å². The lowest BCUT2D eigenvalue weighted by molar-refractivity contribution is 0.478. The van der Waals surface area contributed by atoms with Gasteiger partial charge in [0.1, 0.15) is 5.75 Å². The van der Waals surface area contributed by atoms with Gasteiger partial charge in [0.05, 0.1) is 15.8 Å². The minimum atomic E-state index is 0.855. The number of nitrogens with zero attached hydrogens (tertiary/aromatic N) is 1. The third-order valence-electron chi connectivity index (χ3n) is 4.40. The molecule has 2 heterocycles.